The number of hydrogen-bond acceptors (Lipinski definition) is 3. The van der Waals surface area contributed by atoms with Crippen LogP contribution in [0.2, 0.25) is 0 Å². The second-order valence-corrected chi connectivity index (χ2v) is 4.48. The summed E-state index contributed by atoms with van der Waals surface area (Å²) in [5.41, 5.74) is -0.334. The number of carbonyl (C=O) groups excluding carboxylic acids is 1. The molecule has 0 bridgehead atoms. The third-order valence-corrected chi connectivity index (χ3v) is 3.21. The van der Waals surface area contributed by atoms with Crippen molar-refractivity contribution in [3.8, 4) is 0 Å². The largest absolute Gasteiger partial charge is 0.480 e. The monoisotopic (exact) mass is 252 g/mol. The Labute approximate surface area is 104 Å². The zero-order chi connectivity index (χ0) is 13.0. The highest BCUT2D eigenvalue weighted by atomic mass is 16.4. The molecular weight excluding hydrogens is 236 g/mol. The average Bonchev–Trinajstić information content (AvgIpc) is 2.97. The van der Waals surface area contributed by atoms with Crippen LogP contribution in [0.25, 0.3) is 0 Å². The van der Waals surface area contributed by atoms with Crippen LogP contribution in [0.3, 0.4) is 0 Å². The van der Waals surface area contributed by atoms with E-state index in [0.717, 1.165) is 18.5 Å². The van der Waals surface area contributed by atoms with Crippen molar-refractivity contribution in [2.45, 2.75) is 37.8 Å². The van der Waals surface area contributed by atoms with Crippen molar-refractivity contribution in [1.29, 1.82) is 0 Å². The second-order valence-electron chi connectivity index (χ2n) is 4.48. The van der Waals surface area contributed by atoms with Crippen molar-refractivity contribution in [3.05, 3.63) is 18.2 Å². The van der Waals surface area contributed by atoms with Crippen molar-refractivity contribution in [1.82, 2.24) is 20.6 Å². The summed E-state index contributed by atoms with van der Waals surface area (Å²) in [4.78, 5) is 29.6. The van der Waals surface area contributed by atoms with Crippen LogP contribution in [-0.2, 0) is 11.3 Å². The van der Waals surface area contributed by atoms with Crippen LogP contribution in [0.1, 0.15) is 31.4 Å². The molecule has 1 aliphatic rings. The third kappa shape index (κ3) is 2.61. The summed E-state index contributed by atoms with van der Waals surface area (Å²) in [5.74, 6) is -0.961. The lowest BCUT2D eigenvalue weighted by Crippen LogP contribution is -2.55. The standard InChI is InChI=1S/C11H16N4O3/c16-9(17)11(3-1-2-4-11)15-10(18)13-6-8-5-12-7-14-8/h5,7H,1-4,6H2,(H,12,14)(H,16,17)(H2,13,15,18). The van der Waals surface area contributed by atoms with Crippen LogP contribution in [0, 0.1) is 0 Å². The summed E-state index contributed by atoms with van der Waals surface area (Å²) in [5, 5.41) is 14.4. The van der Waals surface area contributed by atoms with Gasteiger partial charge in [0, 0.05) is 6.20 Å². The van der Waals surface area contributed by atoms with E-state index in [9.17, 15) is 14.7 Å². The van der Waals surface area contributed by atoms with Gasteiger partial charge in [0.15, 0.2) is 0 Å². The van der Waals surface area contributed by atoms with E-state index in [1.54, 1.807) is 6.20 Å². The topological polar surface area (TPSA) is 107 Å². The minimum atomic E-state index is -1.10. The predicted octanol–water partition coefficient (Wildman–Crippen LogP) is 0.606. The smallest absolute Gasteiger partial charge is 0.329 e. The lowest BCUT2D eigenvalue weighted by Gasteiger charge is -2.25. The van der Waals surface area contributed by atoms with Gasteiger partial charge in [0.05, 0.1) is 18.6 Å². The van der Waals surface area contributed by atoms with E-state index in [1.165, 1.54) is 6.33 Å². The fourth-order valence-electron chi connectivity index (χ4n) is 2.19. The van der Waals surface area contributed by atoms with Gasteiger partial charge in [-0.15, -0.1) is 0 Å². The highest BCUT2D eigenvalue weighted by molar-refractivity contribution is 5.86. The van der Waals surface area contributed by atoms with Gasteiger partial charge in [0.25, 0.3) is 0 Å². The Hall–Kier alpha value is -2.05. The van der Waals surface area contributed by atoms with E-state index in [1.807, 2.05) is 0 Å². The maximum atomic E-state index is 11.7. The van der Waals surface area contributed by atoms with Crippen LogP contribution in [0.15, 0.2) is 12.5 Å². The Balaban J connectivity index is 1.88. The number of nitrogens with zero attached hydrogens (tertiary/aromatic N) is 1. The van der Waals surface area contributed by atoms with Crippen molar-refractivity contribution in [3.63, 3.8) is 0 Å². The van der Waals surface area contributed by atoms with Gasteiger partial charge in [0.1, 0.15) is 5.54 Å². The van der Waals surface area contributed by atoms with Crippen molar-refractivity contribution < 1.29 is 14.7 Å². The molecule has 0 radical (unpaired) electrons. The van der Waals surface area contributed by atoms with Crippen molar-refractivity contribution >= 4 is 12.0 Å². The fraction of sp³-hybridized carbons (Fsp3) is 0.545. The molecule has 1 aromatic rings. The lowest BCUT2D eigenvalue weighted by atomic mass is 9.98. The summed E-state index contributed by atoms with van der Waals surface area (Å²) in [6.45, 7) is 0.293. The van der Waals surface area contributed by atoms with Gasteiger partial charge in [-0.05, 0) is 12.8 Å². The zero-order valence-electron chi connectivity index (χ0n) is 9.90. The lowest BCUT2D eigenvalue weighted by molar-refractivity contribution is -0.144. The number of aliphatic carboxylic acids is 1. The SMILES string of the molecule is O=C(NCc1cnc[nH]1)NC1(C(=O)O)CCCC1. The Morgan fingerprint density at radius 2 is 2.17 bits per heavy atom. The normalized spacial score (nSPS) is 17.3. The summed E-state index contributed by atoms with van der Waals surface area (Å²) in [6.07, 6.45) is 5.74. The molecule has 0 unspecified atom stereocenters. The molecule has 1 saturated carbocycles. The molecule has 2 amide bonds. The minimum Gasteiger partial charge on any atom is -0.480 e. The van der Waals surface area contributed by atoms with Gasteiger partial charge < -0.3 is 20.7 Å². The summed E-state index contributed by atoms with van der Waals surface area (Å²) < 4.78 is 0. The molecule has 7 nitrogen and oxygen atoms in total. The van der Waals surface area contributed by atoms with E-state index >= 15 is 0 Å². The Kier molecular flexibility index (Phi) is 3.50. The van der Waals surface area contributed by atoms with Crippen LogP contribution in [-0.4, -0.2) is 32.6 Å². The first-order valence-electron chi connectivity index (χ1n) is 5.89. The molecule has 0 spiro atoms. The number of rotatable bonds is 4. The van der Waals surface area contributed by atoms with Gasteiger partial charge in [-0.2, -0.15) is 0 Å². The molecule has 0 aromatic carbocycles. The molecule has 4 N–H and O–H groups in total. The van der Waals surface area contributed by atoms with Crippen molar-refractivity contribution in [2.24, 2.45) is 0 Å². The number of amides is 2. The number of nitrogens with one attached hydrogen (secondary N) is 3. The number of imidazole rings is 1. The Bertz CT molecular complexity index is 424. The molecule has 98 valence electrons. The minimum absolute atomic E-state index is 0.293. The molecule has 1 aliphatic carbocycles. The summed E-state index contributed by atoms with van der Waals surface area (Å²) in [7, 11) is 0. The Morgan fingerprint density at radius 1 is 1.44 bits per heavy atom. The van der Waals surface area contributed by atoms with Gasteiger partial charge in [-0.1, -0.05) is 12.8 Å². The maximum Gasteiger partial charge on any atom is 0.329 e. The number of H-pyrrole nitrogens is 1. The molecule has 0 saturated heterocycles. The molecule has 1 heterocycles. The van der Waals surface area contributed by atoms with Gasteiger partial charge in [-0.25, -0.2) is 14.6 Å². The zero-order valence-corrected chi connectivity index (χ0v) is 9.90. The fourth-order valence-corrected chi connectivity index (χ4v) is 2.19. The highest BCUT2D eigenvalue weighted by Gasteiger charge is 2.42. The van der Waals surface area contributed by atoms with Gasteiger partial charge in [0.2, 0.25) is 0 Å². The third-order valence-electron chi connectivity index (χ3n) is 3.21. The van der Waals surface area contributed by atoms with E-state index in [4.69, 9.17) is 0 Å². The number of carboxylic acid groups (broad SMARTS) is 1. The van der Waals surface area contributed by atoms with Gasteiger partial charge in [-0.3, -0.25) is 0 Å². The summed E-state index contributed by atoms with van der Waals surface area (Å²) >= 11 is 0. The number of carbonyl (C=O) groups is 2. The van der Waals surface area contributed by atoms with Crippen LogP contribution in [0.4, 0.5) is 4.79 Å². The summed E-state index contributed by atoms with van der Waals surface area (Å²) in [6, 6.07) is -0.464. The molecule has 18 heavy (non-hydrogen) atoms. The number of aromatic amines is 1. The molecule has 2 rings (SSSR count). The number of carboxylic acids is 1. The quantitative estimate of drug-likeness (QED) is 0.629. The van der Waals surface area contributed by atoms with Crippen LogP contribution in [0.5, 0.6) is 0 Å². The van der Waals surface area contributed by atoms with Gasteiger partial charge >= 0.3 is 12.0 Å². The molecule has 1 aromatic heterocycles. The number of hydrogen-bond donors (Lipinski definition) is 4. The molecule has 7 heteroatoms. The first-order chi connectivity index (χ1) is 8.62. The molecule has 1 fully saturated rings. The van der Waals surface area contributed by atoms with E-state index in [-0.39, 0.29) is 0 Å². The first-order valence-corrected chi connectivity index (χ1v) is 5.89. The van der Waals surface area contributed by atoms with Crippen LogP contribution >= 0.6 is 0 Å². The maximum absolute atomic E-state index is 11.7. The average molecular weight is 252 g/mol. The Morgan fingerprint density at radius 3 is 2.72 bits per heavy atom. The first kappa shape index (κ1) is 12.4. The van der Waals surface area contributed by atoms with Crippen LogP contribution < -0.4 is 10.6 Å². The van der Waals surface area contributed by atoms with E-state index in [2.05, 4.69) is 20.6 Å². The molecular formula is C11H16N4O3. The number of urea groups is 1. The highest BCUT2D eigenvalue weighted by Crippen LogP contribution is 2.29. The molecule has 0 aliphatic heterocycles. The van der Waals surface area contributed by atoms with E-state index in [0.29, 0.717) is 19.4 Å². The molecule has 0 atom stereocenters. The second kappa shape index (κ2) is 5.07. The number of aromatic nitrogens is 2. The predicted molar refractivity (Wildman–Crippen MR) is 62.8 cm³/mol. The van der Waals surface area contributed by atoms with Crippen molar-refractivity contribution in [2.75, 3.05) is 0 Å². The van der Waals surface area contributed by atoms with E-state index < -0.39 is 17.5 Å².